The molecule has 0 aromatic heterocycles. The monoisotopic (exact) mass is 715 g/mol. The highest BCUT2D eigenvalue weighted by Gasteiger charge is 2.55. The molecule has 4 aromatic rings. The van der Waals surface area contributed by atoms with Gasteiger partial charge in [-0.15, -0.1) is 0 Å². The van der Waals surface area contributed by atoms with E-state index < -0.39 is 36.0 Å². The standard InChI is InChI=1S/C42H41N3O8/c1-45(2)37(47)21-20-29-13-9-10-19-34(29)41(50)51-35-25-31(40(49)44-27-28-12-11-14-30(24-28)39(48)43-22-23-46)26-36-38(35)53-42(52-36,32-15-5-3-6-16-32)33-17-7-4-8-18-33/h3-21,24,26,35-36,38,46H,22-23,25,27H2,1-2H3,(H,43,48)(H,44,49)/t35-,36-,38+/m1/s1. The second-order valence-electron chi connectivity index (χ2n) is 12.9. The lowest BCUT2D eigenvalue weighted by Gasteiger charge is -2.31. The first-order valence-electron chi connectivity index (χ1n) is 17.3. The second kappa shape index (κ2) is 16.6. The summed E-state index contributed by atoms with van der Waals surface area (Å²) >= 11 is 0. The summed E-state index contributed by atoms with van der Waals surface area (Å²) in [5.74, 6) is -2.99. The summed E-state index contributed by atoms with van der Waals surface area (Å²) in [4.78, 5) is 53.9. The molecule has 1 aliphatic carbocycles. The number of fused-ring (bicyclic) bond motifs is 1. The summed E-state index contributed by atoms with van der Waals surface area (Å²) in [6.07, 6.45) is 2.19. The summed E-state index contributed by atoms with van der Waals surface area (Å²) in [6.45, 7) is 0.0705. The Morgan fingerprint density at radius 2 is 1.53 bits per heavy atom. The third-order valence-electron chi connectivity index (χ3n) is 9.01. The summed E-state index contributed by atoms with van der Waals surface area (Å²) < 4.78 is 19.8. The minimum atomic E-state index is -1.37. The van der Waals surface area contributed by atoms with Crippen molar-refractivity contribution >= 4 is 29.8 Å². The lowest BCUT2D eigenvalue weighted by atomic mass is 9.91. The van der Waals surface area contributed by atoms with Gasteiger partial charge in [-0.3, -0.25) is 14.4 Å². The van der Waals surface area contributed by atoms with E-state index in [4.69, 9.17) is 19.3 Å². The van der Waals surface area contributed by atoms with Crippen LogP contribution in [0.25, 0.3) is 6.08 Å². The van der Waals surface area contributed by atoms with Crippen molar-refractivity contribution in [3.8, 4) is 0 Å². The topological polar surface area (TPSA) is 144 Å². The van der Waals surface area contributed by atoms with E-state index in [-0.39, 0.29) is 43.5 Å². The molecule has 3 atom stereocenters. The maximum absolute atomic E-state index is 13.9. The van der Waals surface area contributed by atoms with Crippen LogP contribution < -0.4 is 10.6 Å². The molecule has 4 aromatic carbocycles. The van der Waals surface area contributed by atoms with Crippen LogP contribution >= 0.6 is 0 Å². The molecular formula is C42H41N3O8. The summed E-state index contributed by atoms with van der Waals surface area (Å²) in [7, 11) is 3.28. The zero-order chi connectivity index (χ0) is 37.4. The Hall–Kier alpha value is -5.88. The number of amides is 3. The smallest absolute Gasteiger partial charge is 0.339 e. The summed E-state index contributed by atoms with van der Waals surface area (Å²) in [5.41, 5.74) is 3.62. The number of carbonyl (C=O) groups excluding carboxylic acids is 4. The quantitative estimate of drug-likeness (QED) is 0.145. The number of hydrogen-bond donors (Lipinski definition) is 3. The molecular weight excluding hydrogens is 674 g/mol. The van der Waals surface area contributed by atoms with Crippen LogP contribution in [0.5, 0.6) is 0 Å². The molecule has 1 fully saturated rings. The number of esters is 1. The van der Waals surface area contributed by atoms with E-state index in [1.807, 2.05) is 60.7 Å². The first-order valence-corrected chi connectivity index (χ1v) is 17.3. The lowest BCUT2D eigenvalue weighted by molar-refractivity contribution is -0.157. The average molecular weight is 716 g/mol. The van der Waals surface area contributed by atoms with E-state index in [1.54, 1.807) is 74.8 Å². The zero-order valence-corrected chi connectivity index (χ0v) is 29.4. The van der Waals surface area contributed by atoms with Crippen LogP contribution in [0.1, 0.15) is 49.4 Å². The van der Waals surface area contributed by atoms with Gasteiger partial charge in [0.05, 0.1) is 12.2 Å². The largest absolute Gasteiger partial charge is 0.456 e. The van der Waals surface area contributed by atoms with Gasteiger partial charge in [0.1, 0.15) is 18.3 Å². The number of hydrogen-bond acceptors (Lipinski definition) is 8. The summed E-state index contributed by atoms with van der Waals surface area (Å²) in [6, 6.07) is 32.6. The molecule has 0 spiro atoms. The SMILES string of the molecule is CN(C)C(=O)C=Cc1ccccc1C(=O)O[C@@H]1CC(C(=O)NCc2cccc(C(=O)NCCO)c2)=C[C@H]2OC(c3ccccc3)(c3ccccc3)O[C@H]21. The second-order valence-corrected chi connectivity index (χ2v) is 12.9. The molecule has 6 rings (SSSR count). The van der Waals surface area contributed by atoms with Crippen LogP contribution in [0, 0.1) is 0 Å². The molecule has 1 aliphatic heterocycles. The van der Waals surface area contributed by atoms with Gasteiger partial charge in [0.25, 0.3) is 5.91 Å². The third kappa shape index (κ3) is 8.44. The minimum absolute atomic E-state index is 0.0302. The number of aliphatic hydroxyl groups is 1. The number of likely N-dealkylation sites (N-methyl/N-ethyl adjacent to an activating group) is 1. The van der Waals surface area contributed by atoms with Crippen molar-refractivity contribution in [2.45, 2.75) is 37.1 Å². The molecule has 0 unspecified atom stereocenters. The molecule has 1 heterocycles. The number of rotatable bonds is 12. The molecule has 53 heavy (non-hydrogen) atoms. The van der Waals surface area contributed by atoms with Gasteiger partial charge < -0.3 is 34.9 Å². The van der Waals surface area contributed by atoms with E-state index in [9.17, 15) is 19.2 Å². The molecule has 3 amide bonds. The number of nitrogens with zero attached hydrogens (tertiary/aromatic N) is 1. The molecule has 2 aliphatic rings. The Balaban J connectivity index is 1.30. The van der Waals surface area contributed by atoms with Crippen molar-refractivity contribution < 1.29 is 38.5 Å². The highest BCUT2D eigenvalue weighted by Crippen LogP contribution is 2.47. The van der Waals surface area contributed by atoms with E-state index in [0.29, 0.717) is 22.3 Å². The predicted molar refractivity (Wildman–Crippen MR) is 197 cm³/mol. The Morgan fingerprint density at radius 3 is 2.21 bits per heavy atom. The van der Waals surface area contributed by atoms with Crippen LogP contribution in [0.4, 0.5) is 0 Å². The Morgan fingerprint density at radius 1 is 0.849 bits per heavy atom. The molecule has 272 valence electrons. The molecule has 0 radical (unpaired) electrons. The number of ether oxygens (including phenoxy) is 3. The zero-order valence-electron chi connectivity index (χ0n) is 29.4. The first-order chi connectivity index (χ1) is 25.7. The van der Waals surface area contributed by atoms with Crippen LogP contribution in [0.2, 0.25) is 0 Å². The van der Waals surface area contributed by atoms with Gasteiger partial charge in [-0.2, -0.15) is 0 Å². The fourth-order valence-corrected chi connectivity index (χ4v) is 6.32. The highest BCUT2D eigenvalue weighted by atomic mass is 16.8. The van der Waals surface area contributed by atoms with Crippen LogP contribution in [0.3, 0.4) is 0 Å². The van der Waals surface area contributed by atoms with Gasteiger partial charge >= 0.3 is 5.97 Å². The maximum atomic E-state index is 13.9. The Labute approximate surface area is 307 Å². The van der Waals surface area contributed by atoms with Crippen molar-refractivity contribution in [1.29, 1.82) is 0 Å². The lowest BCUT2D eigenvalue weighted by Crippen LogP contribution is -2.43. The van der Waals surface area contributed by atoms with Gasteiger partial charge in [-0.25, -0.2) is 4.79 Å². The molecule has 0 bridgehead atoms. The van der Waals surface area contributed by atoms with Gasteiger partial charge in [-0.1, -0.05) is 91.0 Å². The fourth-order valence-electron chi connectivity index (χ4n) is 6.32. The number of nitrogens with one attached hydrogen (secondary N) is 2. The van der Waals surface area contributed by atoms with Crippen LogP contribution in [-0.4, -0.2) is 79.3 Å². The van der Waals surface area contributed by atoms with E-state index in [0.717, 1.165) is 11.1 Å². The molecule has 11 nitrogen and oxygen atoms in total. The predicted octanol–water partition coefficient (Wildman–Crippen LogP) is 4.37. The number of aliphatic hydroxyl groups excluding tert-OH is 1. The summed E-state index contributed by atoms with van der Waals surface area (Å²) in [5, 5.41) is 14.6. The van der Waals surface area contributed by atoms with Gasteiger partial charge in [0.15, 0.2) is 0 Å². The molecule has 0 saturated carbocycles. The minimum Gasteiger partial charge on any atom is -0.456 e. The normalized spacial score (nSPS) is 18.8. The van der Waals surface area contributed by atoms with Gasteiger partial charge in [0, 0.05) is 61.9 Å². The highest BCUT2D eigenvalue weighted by molar-refractivity contribution is 5.98. The van der Waals surface area contributed by atoms with Gasteiger partial charge in [-0.05, 0) is 41.5 Å². The molecule has 3 N–H and O–H groups in total. The number of benzene rings is 4. The maximum Gasteiger partial charge on any atom is 0.339 e. The van der Waals surface area contributed by atoms with Crippen LogP contribution in [-0.2, 0) is 36.1 Å². The van der Waals surface area contributed by atoms with Crippen molar-refractivity contribution in [2.24, 2.45) is 0 Å². The fraction of sp³-hybridized carbons (Fsp3) is 0.238. The Kier molecular flexibility index (Phi) is 11.6. The molecule has 11 heteroatoms. The number of carbonyl (C=O) groups is 4. The van der Waals surface area contributed by atoms with Crippen molar-refractivity contribution in [3.05, 3.63) is 160 Å². The Bertz CT molecular complexity index is 1970. The first kappa shape index (κ1) is 36.9. The van der Waals surface area contributed by atoms with Crippen molar-refractivity contribution in [2.75, 3.05) is 27.2 Å². The van der Waals surface area contributed by atoms with Crippen LogP contribution in [0.15, 0.2) is 127 Å². The van der Waals surface area contributed by atoms with Crippen molar-refractivity contribution in [1.82, 2.24) is 15.5 Å². The van der Waals surface area contributed by atoms with E-state index in [2.05, 4.69) is 10.6 Å². The third-order valence-corrected chi connectivity index (χ3v) is 9.01. The van der Waals surface area contributed by atoms with E-state index >= 15 is 0 Å². The average Bonchev–Trinajstić information content (AvgIpc) is 3.60. The van der Waals surface area contributed by atoms with E-state index in [1.165, 1.54) is 11.0 Å². The molecule has 1 saturated heterocycles. The van der Waals surface area contributed by atoms with Gasteiger partial charge in [0.2, 0.25) is 17.6 Å². The van der Waals surface area contributed by atoms with Crippen molar-refractivity contribution in [3.63, 3.8) is 0 Å².